The number of benzene rings is 2. The Morgan fingerprint density at radius 2 is 1.83 bits per heavy atom. The number of rotatable bonds is 3. The first-order valence-electron chi connectivity index (χ1n) is 5.13. The van der Waals surface area contributed by atoms with Crippen LogP contribution < -0.4 is 0 Å². The number of hydrogen-bond donors (Lipinski definition) is 0. The standard InChI is InChI=1S/C13H8ClNO3/c14-13(16)12-7-2-1-6-11(12)9-4-3-5-10(8-9)15(17)18/h1-8H. The van der Waals surface area contributed by atoms with Gasteiger partial charge in [0.2, 0.25) is 0 Å². The van der Waals surface area contributed by atoms with Crippen molar-refractivity contribution in [2.75, 3.05) is 0 Å². The number of halogens is 1. The van der Waals surface area contributed by atoms with Crippen LogP contribution in [-0.2, 0) is 0 Å². The summed E-state index contributed by atoms with van der Waals surface area (Å²) in [7, 11) is 0. The van der Waals surface area contributed by atoms with E-state index in [0.29, 0.717) is 16.7 Å². The fraction of sp³-hybridized carbons (Fsp3) is 0. The average Bonchev–Trinajstić information content (AvgIpc) is 2.39. The fourth-order valence-electron chi connectivity index (χ4n) is 1.69. The Bertz CT molecular complexity index is 625. The highest BCUT2D eigenvalue weighted by molar-refractivity contribution is 6.68. The van der Waals surface area contributed by atoms with Crippen molar-refractivity contribution < 1.29 is 9.72 Å². The Morgan fingerprint density at radius 3 is 2.50 bits per heavy atom. The molecule has 18 heavy (non-hydrogen) atoms. The normalized spacial score (nSPS) is 10.1. The SMILES string of the molecule is O=C(Cl)c1ccccc1-c1cccc([N+](=O)[O-])c1. The summed E-state index contributed by atoms with van der Waals surface area (Å²) in [6, 6.07) is 12.8. The Kier molecular flexibility index (Phi) is 3.39. The zero-order valence-electron chi connectivity index (χ0n) is 9.17. The highest BCUT2D eigenvalue weighted by Crippen LogP contribution is 2.27. The lowest BCUT2D eigenvalue weighted by Gasteiger charge is -2.05. The summed E-state index contributed by atoms with van der Waals surface area (Å²) in [6.07, 6.45) is 0. The van der Waals surface area contributed by atoms with Crippen LogP contribution in [0.25, 0.3) is 11.1 Å². The van der Waals surface area contributed by atoms with Crippen molar-refractivity contribution in [3.05, 3.63) is 64.2 Å². The number of nitro groups is 1. The van der Waals surface area contributed by atoms with E-state index in [1.165, 1.54) is 12.1 Å². The van der Waals surface area contributed by atoms with Gasteiger partial charge < -0.3 is 0 Å². The van der Waals surface area contributed by atoms with Gasteiger partial charge in [-0.15, -0.1) is 0 Å². The number of nitro benzene ring substituents is 1. The van der Waals surface area contributed by atoms with Gasteiger partial charge in [0.1, 0.15) is 0 Å². The van der Waals surface area contributed by atoms with E-state index in [2.05, 4.69) is 0 Å². The molecule has 2 aromatic rings. The first kappa shape index (κ1) is 12.3. The van der Waals surface area contributed by atoms with Crippen molar-refractivity contribution >= 4 is 22.5 Å². The molecular weight excluding hydrogens is 254 g/mol. The molecule has 0 spiro atoms. The van der Waals surface area contributed by atoms with Gasteiger partial charge in [-0.25, -0.2) is 0 Å². The minimum Gasteiger partial charge on any atom is -0.276 e. The molecule has 0 aliphatic carbocycles. The molecule has 5 heteroatoms. The lowest BCUT2D eigenvalue weighted by Crippen LogP contribution is -1.94. The smallest absolute Gasteiger partial charge is 0.270 e. The summed E-state index contributed by atoms with van der Waals surface area (Å²) in [5.41, 5.74) is 1.49. The predicted octanol–water partition coefficient (Wildman–Crippen LogP) is 3.64. The largest absolute Gasteiger partial charge is 0.276 e. The molecule has 0 aliphatic rings. The second-order valence-corrected chi connectivity index (χ2v) is 3.97. The van der Waals surface area contributed by atoms with Gasteiger partial charge in [0.15, 0.2) is 0 Å². The number of nitrogens with zero attached hydrogens (tertiary/aromatic N) is 1. The van der Waals surface area contributed by atoms with E-state index >= 15 is 0 Å². The topological polar surface area (TPSA) is 60.2 Å². The van der Waals surface area contributed by atoms with E-state index in [0.717, 1.165) is 0 Å². The van der Waals surface area contributed by atoms with E-state index in [1.807, 2.05) is 0 Å². The molecule has 0 saturated heterocycles. The molecule has 0 radical (unpaired) electrons. The Labute approximate surface area is 108 Å². The van der Waals surface area contributed by atoms with Gasteiger partial charge in [0.05, 0.1) is 4.92 Å². The zero-order valence-corrected chi connectivity index (χ0v) is 9.92. The van der Waals surface area contributed by atoms with E-state index in [4.69, 9.17) is 11.6 Å². The monoisotopic (exact) mass is 261 g/mol. The maximum atomic E-state index is 11.3. The van der Waals surface area contributed by atoms with Crippen molar-refractivity contribution in [2.45, 2.75) is 0 Å². The molecular formula is C13H8ClNO3. The number of hydrogen-bond acceptors (Lipinski definition) is 3. The lowest BCUT2D eigenvalue weighted by atomic mass is 10.00. The van der Waals surface area contributed by atoms with Gasteiger partial charge >= 0.3 is 0 Å². The maximum absolute atomic E-state index is 11.3. The molecule has 0 aliphatic heterocycles. The van der Waals surface area contributed by atoms with Crippen LogP contribution >= 0.6 is 11.6 Å². The molecule has 0 unspecified atom stereocenters. The van der Waals surface area contributed by atoms with Crippen LogP contribution in [0.15, 0.2) is 48.5 Å². The Morgan fingerprint density at radius 1 is 1.11 bits per heavy atom. The van der Waals surface area contributed by atoms with Gasteiger partial charge in [-0.1, -0.05) is 30.3 Å². The molecule has 0 heterocycles. The van der Waals surface area contributed by atoms with Crippen LogP contribution in [0.4, 0.5) is 5.69 Å². The Hall–Kier alpha value is -2.20. The summed E-state index contributed by atoms with van der Waals surface area (Å²) in [6.45, 7) is 0. The van der Waals surface area contributed by atoms with Crippen molar-refractivity contribution in [3.63, 3.8) is 0 Å². The number of carbonyl (C=O) groups is 1. The molecule has 0 bridgehead atoms. The van der Waals surface area contributed by atoms with Crippen molar-refractivity contribution in [1.29, 1.82) is 0 Å². The third-order valence-corrected chi connectivity index (χ3v) is 2.71. The van der Waals surface area contributed by atoms with Crippen molar-refractivity contribution in [2.24, 2.45) is 0 Å². The third kappa shape index (κ3) is 2.38. The molecule has 4 nitrogen and oxygen atoms in total. The summed E-state index contributed by atoms with van der Waals surface area (Å²) >= 11 is 5.49. The van der Waals surface area contributed by atoms with Crippen LogP contribution in [0.3, 0.4) is 0 Å². The van der Waals surface area contributed by atoms with Gasteiger partial charge in [0.25, 0.3) is 10.9 Å². The van der Waals surface area contributed by atoms with E-state index in [-0.39, 0.29) is 5.69 Å². The predicted molar refractivity (Wildman–Crippen MR) is 68.7 cm³/mol. The van der Waals surface area contributed by atoms with Gasteiger partial charge in [-0.05, 0) is 28.8 Å². The molecule has 0 N–H and O–H groups in total. The van der Waals surface area contributed by atoms with Crippen molar-refractivity contribution in [1.82, 2.24) is 0 Å². The molecule has 0 aromatic heterocycles. The summed E-state index contributed by atoms with van der Waals surface area (Å²) in [5, 5.41) is 10.1. The van der Waals surface area contributed by atoms with E-state index < -0.39 is 10.2 Å². The van der Waals surface area contributed by atoms with Crippen LogP contribution in [0.5, 0.6) is 0 Å². The molecule has 2 aromatic carbocycles. The lowest BCUT2D eigenvalue weighted by molar-refractivity contribution is -0.384. The van der Waals surface area contributed by atoms with Crippen LogP contribution in [0.2, 0.25) is 0 Å². The minimum absolute atomic E-state index is 0.0238. The number of carbonyl (C=O) groups excluding carboxylic acids is 1. The van der Waals surface area contributed by atoms with Crippen LogP contribution in [0.1, 0.15) is 10.4 Å². The van der Waals surface area contributed by atoms with Crippen LogP contribution in [-0.4, -0.2) is 10.2 Å². The van der Waals surface area contributed by atoms with Gasteiger partial charge in [-0.3, -0.25) is 14.9 Å². The quantitative estimate of drug-likeness (QED) is 0.481. The highest BCUT2D eigenvalue weighted by Gasteiger charge is 2.12. The van der Waals surface area contributed by atoms with Crippen molar-refractivity contribution in [3.8, 4) is 11.1 Å². The third-order valence-electron chi connectivity index (χ3n) is 2.51. The molecule has 0 amide bonds. The fourth-order valence-corrected chi connectivity index (χ4v) is 1.86. The van der Waals surface area contributed by atoms with Gasteiger partial charge in [0, 0.05) is 17.7 Å². The van der Waals surface area contributed by atoms with E-state index in [9.17, 15) is 14.9 Å². The Balaban J connectivity index is 2.58. The molecule has 90 valence electrons. The maximum Gasteiger partial charge on any atom is 0.270 e. The average molecular weight is 262 g/mol. The number of non-ortho nitro benzene ring substituents is 1. The van der Waals surface area contributed by atoms with E-state index in [1.54, 1.807) is 36.4 Å². The van der Waals surface area contributed by atoms with Crippen LogP contribution in [0, 0.1) is 10.1 Å². The second kappa shape index (κ2) is 4.98. The van der Waals surface area contributed by atoms with Gasteiger partial charge in [-0.2, -0.15) is 0 Å². The first-order chi connectivity index (χ1) is 8.59. The zero-order chi connectivity index (χ0) is 13.1. The summed E-state index contributed by atoms with van der Waals surface area (Å²) in [5.74, 6) is 0. The highest BCUT2D eigenvalue weighted by atomic mass is 35.5. The summed E-state index contributed by atoms with van der Waals surface area (Å²) < 4.78 is 0. The minimum atomic E-state index is -0.586. The first-order valence-corrected chi connectivity index (χ1v) is 5.51. The second-order valence-electron chi connectivity index (χ2n) is 3.63. The summed E-state index contributed by atoms with van der Waals surface area (Å²) in [4.78, 5) is 21.5. The molecule has 0 fully saturated rings. The molecule has 0 atom stereocenters. The molecule has 0 saturated carbocycles. The molecule has 2 rings (SSSR count).